The summed E-state index contributed by atoms with van der Waals surface area (Å²) in [5.41, 5.74) is 14.7. The average Bonchev–Trinajstić information content (AvgIpc) is 2.18. The van der Waals surface area contributed by atoms with E-state index in [1.165, 1.54) is 0 Å². The van der Waals surface area contributed by atoms with Gasteiger partial charge in [-0.05, 0) is 35.1 Å². The summed E-state index contributed by atoms with van der Waals surface area (Å²) < 4.78 is 0. The monoisotopic (exact) mass is 271 g/mol. The SMILES string of the molecule is CC(C)c1cc(N)cc(C(C)C)c1NC(N)=O.Cl. The average molecular weight is 272 g/mol. The van der Waals surface area contributed by atoms with Gasteiger partial charge in [-0.25, -0.2) is 4.79 Å². The Kier molecular flexibility index (Phi) is 5.98. The van der Waals surface area contributed by atoms with Gasteiger partial charge in [0.1, 0.15) is 0 Å². The summed E-state index contributed by atoms with van der Waals surface area (Å²) in [7, 11) is 0. The molecule has 1 aromatic rings. The minimum atomic E-state index is -0.543. The summed E-state index contributed by atoms with van der Waals surface area (Å²) in [6, 6.07) is 3.24. The molecule has 0 aliphatic carbocycles. The number of carbonyl (C=O) groups is 1. The fraction of sp³-hybridized carbons (Fsp3) is 0.462. The molecule has 102 valence electrons. The molecule has 5 heteroatoms. The van der Waals surface area contributed by atoms with Crippen LogP contribution in [0.15, 0.2) is 12.1 Å². The Labute approximate surface area is 115 Å². The number of hydrogen-bond acceptors (Lipinski definition) is 2. The highest BCUT2D eigenvalue weighted by molar-refractivity contribution is 5.90. The van der Waals surface area contributed by atoms with E-state index in [1.807, 2.05) is 12.1 Å². The van der Waals surface area contributed by atoms with Gasteiger partial charge in [-0.3, -0.25) is 0 Å². The number of amides is 2. The van der Waals surface area contributed by atoms with Gasteiger partial charge in [-0.1, -0.05) is 27.7 Å². The summed E-state index contributed by atoms with van der Waals surface area (Å²) in [4.78, 5) is 11.1. The summed E-state index contributed by atoms with van der Waals surface area (Å²) in [5, 5.41) is 2.72. The van der Waals surface area contributed by atoms with Crippen molar-refractivity contribution in [1.29, 1.82) is 0 Å². The molecule has 0 fully saturated rings. The topological polar surface area (TPSA) is 81.1 Å². The molecule has 0 aliphatic rings. The molecule has 1 aromatic carbocycles. The second-order valence-corrected chi connectivity index (χ2v) is 4.87. The van der Waals surface area contributed by atoms with Crippen molar-refractivity contribution in [1.82, 2.24) is 0 Å². The number of nitrogen functional groups attached to an aromatic ring is 1. The highest BCUT2D eigenvalue weighted by Gasteiger charge is 2.16. The van der Waals surface area contributed by atoms with Crippen LogP contribution >= 0.6 is 12.4 Å². The molecule has 0 saturated carbocycles. The van der Waals surface area contributed by atoms with E-state index in [-0.39, 0.29) is 24.2 Å². The number of hydrogen-bond donors (Lipinski definition) is 3. The molecule has 1 rings (SSSR count). The maximum Gasteiger partial charge on any atom is 0.316 e. The predicted octanol–water partition coefficient (Wildman–Crippen LogP) is 3.43. The fourth-order valence-corrected chi connectivity index (χ4v) is 1.89. The Morgan fingerprint density at radius 1 is 1.11 bits per heavy atom. The van der Waals surface area contributed by atoms with Crippen molar-refractivity contribution >= 4 is 29.8 Å². The van der Waals surface area contributed by atoms with E-state index in [9.17, 15) is 4.79 Å². The third kappa shape index (κ3) is 3.81. The summed E-state index contributed by atoms with van der Waals surface area (Å²) >= 11 is 0. The molecule has 2 amide bonds. The zero-order chi connectivity index (χ0) is 13.2. The fourth-order valence-electron chi connectivity index (χ4n) is 1.89. The number of primary amides is 1. The van der Waals surface area contributed by atoms with E-state index in [0.29, 0.717) is 5.69 Å². The Morgan fingerprint density at radius 2 is 1.50 bits per heavy atom. The van der Waals surface area contributed by atoms with Crippen molar-refractivity contribution in [2.75, 3.05) is 11.1 Å². The third-order valence-electron chi connectivity index (χ3n) is 2.71. The zero-order valence-electron chi connectivity index (χ0n) is 11.3. The Bertz CT molecular complexity index is 401. The molecule has 0 bridgehead atoms. The van der Waals surface area contributed by atoms with Crippen molar-refractivity contribution in [2.45, 2.75) is 39.5 Å². The molecule has 0 saturated heterocycles. The van der Waals surface area contributed by atoms with Crippen LogP contribution in [-0.4, -0.2) is 6.03 Å². The van der Waals surface area contributed by atoms with Gasteiger partial charge in [0.2, 0.25) is 0 Å². The Morgan fingerprint density at radius 3 is 1.78 bits per heavy atom. The largest absolute Gasteiger partial charge is 0.399 e. The van der Waals surface area contributed by atoms with E-state index in [0.717, 1.165) is 16.8 Å². The van der Waals surface area contributed by atoms with Gasteiger partial charge in [0.05, 0.1) is 0 Å². The molecular formula is C13H22ClN3O. The maximum atomic E-state index is 11.1. The maximum absolute atomic E-state index is 11.1. The van der Waals surface area contributed by atoms with Gasteiger partial charge >= 0.3 is 6.03 Å². The van der Waals surface area contributed by atoms with E-state index in [2.05, 4.69) is 33.0 Å². The number of benzene rings is 1. The number of nitrogens with one attached hydrogen (secondary N) is 1. The molecule has 0 heterocycles. The van der Waals surface area contributed by atoms with E-state index in [1.54, 1.807) is 0 Å². The van der Waals surface area contributed by atoms with Gasteiger partial charge in [-0.15, -0.1) is 12.4 Å². The van der Waals surface area contributed by atoms with Crippen LogP contribution in [0.5, 0.6) is 0 Å². The van der Waals surface area contributed by atoms with Gasteiger partial charge in [-0.2, -0.15) is 0 Å². The molecule has 0 spiro atoms. The summed E-state index contributed by atoms with van der Waals surface area (Å²) in [6.07, 6.45) is 0. The van der Waals surface area contributed by atoms with Crippen LogP contribution in [0.3, 0.4) is 0 Å². The minimum Gasteiger partial charge on any atom is -0.399 e. The Balaban J connectivity index is 0.00000289. The lowest BCUT2D eigenvalue weighted by Gasteiger charge is -2.20. The molecule has 4 nitrogen and oxygen atoms in total. The standard InChI is InChI=1S/C13H21N3O.ClH/c1-7(2)10-5-9(14)6-11(8(3)4)12(10)16-13(15)17;/h5-8H,14H2,1-4H3,(H3,15,16,17);1H. The van der Waals surface area contributed by atoms with Crippen LogP contribution in [-0.2, 0) is 0 Å². The molecule has 0 aliphatic heterocycles. The third-order valence-corrected chi connectivity index (χ3v) is 2.71. The van der Waals surface area contributed by atoms with Gasteiger partial charge in [0.25, 0.3) is 0 Å². The second kappa shape index (κ2) is 6.50. The van der Waals surface area contributed by atoms with Crippen molar-refractivity contribution in [3.05, 3.63) is 23.3 Å². The van der Waals surface area contributed by atoms with Crippen molar-refractivity contribution in [3.8, 4) is 0 Å². The number of carbonyl (C=O) groups excluding carboxylic acids is 1. The van der Waals surface area contributed by atoms with Crippen LogP contribution in [0.4, 0.5) is 16.2 Å². The molecule has 5 N–H and O–H groups in total. The van der Waals surface area contributed by atoms with Crippen LogP contribution in [0, 0.1) is 0 Å². The van der Waals surface area contributed by atoms with Gasteiger partial charge in [0, 0.05) is 11.4 Å². The predicted molar refractivity (Wildman–Crippen MR) is 79.5 cm³/mol. The Hall–Kier alpha value is -1.42. The van der Waals surface area contributed by atoms with Crippen molar-refractivity contribution in [2.24, 2.45) is 5.73 Å². The molecule has 0 radical (unpaired) electrons. The number of urea groups is 1. The lowest BCUT2D eigenvalue weighted by atomic mass is 9.92. The van der Waals surface area contributed by atoms with Crippen molar-refractivity contribution in [3.63, 3.8) is 0 Å². The lowest BCUT2D eigenvalue weighted by Crippen LogP contribution is -2.22. The molecule has 0 unspecified atom stereocenters. The lowest BCUT2D eigenvalue weighted by molar-refractivity contribution is 0.259. The zero-order valence-corrected chi connectivity index (χ0v) is 12.1. The summed E-state index contributed by atoms with van der Waals surface area (Å²) in [5.74, 6) is 0.552. The number of halogens is 1. The molecule has 0 atom stereocenters. The van der Waals surface area contributed by atoms with Gasteiger partial charge < -0.3 is 16.8 Å². The van der Waals surface area contributed by atoms with Crippen LogP contribution in [0.1, 0.15) is 50.7 Å². The molecule has 18 heavy (non-hydrogen) atoms. The molecular weight excluding hydrogens is 250 g/mol. The van der Waals surface area contributed by atoms with Crippen molar-refractivity contribution < 1.29 is 4.79 Å². The van der Waals surface area contributed by atoms with Crippen LogP contribution < -0.4 is 16.8 Å². The smallest absolute Gasteiger partial charge is 0.316 e. The van der Waals surface area contributed by atoms with E-state index in [4.69, 9.17) is 11.5 Å². The number of rotatable bonds is 3. The van der Waals surface area contributed by atoms with E-state index >= 15 is 0 Å². The first kappa shape index (κ1) is 16.6. The first-order chi connectivity index (χ1) is 7.82. The number of anilines is 2. The quantitative estimate of drug-likeness (QED) is 0.736. The second-order valence-electron chi connectivity index (χ2n) is 4.87. The van der Waals surface area contributed by atoms with Crippen LogP contribution in [0.2, 0.25) is 0 Å². The summed E-state index contributed by atoms with van der Waals surface area (Å²) in [6.45, 7) is 8.24. The van der Waals surface area contributed by atoms with E-state index < -0.39 is 6.03 Å². The minimum absolute atomic E-state index is 0. The first-order valence-corrected chi connectivity index (χ1v) is 5.82. The van der Waals surface area contributed by atoms with Gasteiger partial charge in [0.15, 0.2) is 0 Å². The molecule has 0 aromatic heterocycles. The van der Waals surface area contributed by atoms with Crippen LogP contribution in [0.25, 0.3) is 0 Å². The normalized spacial score (nSPS) is 10.3. The highest BCUT2D eigenvalue weighted by Crippen LogP contribution is 2.34. The first-order valence-electron chi connectivity index (χ1n) is 5.82. The highest BCUT2D eigenvalue weighted by atomic mass is 35.5. The number of nitrogens with two attached hydrogens (primary N) is 2.